The Hall–Kier alpha value is -1.24. The molecule has 0 bridgehead atoms. The third kappa shape index (κ3) is 1.82. The molecule has 0 saturated carbocycles. The summed E-state index contributed by atoms with van der Waals surface area (Å²) in [6.07, 6.45) is -4.03. The van der Waals surface area contributed by atoms with Gasteiger partial charge >= 0.3 is 6.18 Å². The quantitative estimate of drug-likeness (QED) is 0.453. The Balaban J connectivity index is 3.37. The third-order valence-corrected chi connectivity index (χ3v) is 1.92. The van der Waals surface area contributed by atoms with Crippen molar-refractivity contribution in [1.82, 2.24) is 9.78 Å². The number of nitrogens with zero attached hydrogens (tertiary/aromatic N) is 3. The lowest BCUT2D eigenvalue weighted by Crippen LogP contribution is -2.09. The van der Waals surface area contributed by atoms with Crippen LogP contribution in [-0.4, -0.2) is 21.2 Å². The van der Waals surface area contributed by atoms with Crippen LogP contribution in [0.3, 0.4) is 0 Å². The second-order valence-corrected chi connectivity index (χ2v) is 2.78. The van der Waals surface area contributed by atoms with Crippen molar-refractivity contribution in [3.63, 3.8) is 0 Å². The van der Waals surface area contributed by atoms with Gasteiger partial charge in [0.2, 0.25) is 0 Å². The van der Waals surface area contributed by atoms with Crippen molar-refractivity contribution in [2.45, 2.75) is 6.18 Å². The molecule has 0 radical (unpaired) electrons. The van der Waals surface area contributed by atoms with Gasteiger partial charge in [-0.25, -0.2) is 0 Å². The number of halogens is 4. The summed E-state index contributed by atoms with van der Waals surface area (Å²) in [5.41, 5.74) is -1.63. The van der Waals surface area contributed by atoms with Gasteiger partial charge in [0.1, 0.15) is 5.15 Å². The molecule has 1 aromatic rings. The minimum absolute atomic E-state index is 0.241. The van der Waals surface area contributed by atoms with Crippen LogP contribution in [-0.2, 0) is 13.2 Å². The highest BCUT2D eigenvalue weighted by molar-refractivity contribution is 6.32. The molecule has 0 aromatic carbocycles. The highest BCUT2D eigenvalue weighted by Gasteiger charge is 2.38. The predicted octanol–water partition coefficient (Wildman–Crippen LogP) is 1.90. The zero-order valence-corrected chi connectivity index (χ0v) is 7.63. The molecule has 0 fully saturated rings. The van der Waals surface area contributed by atoms with E-state index >= 15 is 0 Å². The van der Waals surface area contributed by atoms with E-state index in [-0.39, 0.29) is 5.15 Å². The van der Waals surface area contributed by atoms with Gasteiger partial charge in [-0.05, 0) is 0 Å². The monoisotopic (exact) mass is 227 g/mol. The topological polar surface area (TPSA) is 50.4 Å². The first kappa shape index (κ1) is 10.8. The molecular formula is C6H5ClF3N3O. The van der Waals surface area contributed by atoms with Gasteiger partial charge in [0.15, 0.2) is 5.69 Å². The largest absolute Gasteiger partial charge is 0.435 e. The van der Waals surface area contributed by atoms with Crippen LogP contribution in [0.2, 0.25) is 5.15 Å². The zero-order valence-electron chi connectivity index (χ0n) is 6.88. The summed E-state index contributed by atoms with van der Waals surface area (Å²) in [6, 6.07) is 0. The minimum atomic E-state index is -4.62. The Morgan fingerprint density at radius 1 is 1.57 bits per heavy atom. The average Bonchev–Trinajstić information content (AvgIpc) is 2.32. The van der Waals surface area contributed by atoms with E-state index in [0.717, 1.165) is 4.68 Å². The molecule has 0 atom stereocenters. The van der Waals surface area contributed by atoms with Gasteiger partial charge in [0.05, 0.1) is 11.8 Å². The zero-order chi connectivity index (χ0) is 10.9. The molecule has 1 heterocycles. The lowest BCUT2D eigenvalue weighted by Gasteiger charge is -2.01. The van der Waals surface area contributed by atoms with Gasteiger partial charge in [0, 0.05) is 7.05 Å². The Kier molecular flexibility index (Phi) is 2.70. The number of alkyl halides is 3. The van der Waals surface area contributed by atoms with Crippen LogP contribution in [0.4, 0.5) is 13.2 Å². The Labute approximate surface area is 81.6 Å². The number of aryl methyl sites for hydroxylation is 1. The van der Waals surface area contributed by atoms with Crippen molar-refractivity contribution < 1.29 is 18.4 Å². The molecule has 0 saturated heterocycles. The van der Waals surface area contributed by atoms with Crippen LogP contribution < -0.4 is 0 Å². The molecule has 4 nitrogen and oxygen atoms in total. The second kappa shape index (κ2) is 3.49. The van der Waals surface area contributed by atoms with E-state index in [1.807, 2.05) is 0 Å². The van der Waals surface area contributed by atoms with Crippen LogP contribution in [0, 0.1) is 0 Å². The average molecular weight is 228 g/mol. The SMILES string of the molecule is Cn1nc(C(F)(F)F)c(/C=N/O)c1Cl. The van der Waals surface area contributed by atoms with E-state index in [0.29, 0.717) is 6.21 Å². The molecule has 0 aliphatic heterocycles. The number of hydrogen-bond donors (Lipinski definition) is 1. The van der Waals surface area contributed by atoms with Crippen molar-refractivity contribution in [3.8, 4) is 0 Å². The fourth-order valence-electron chi connectivity index (χ4n) is 0.901. The van der Waals surface area contributed by atoms with Crippen LogP contribution in [0.15, 0.2) is 5.16 Å². The lowest BCUT2D eigenvalue weighted by molar-refractivity contribution is -0.141. The summed E-state index contributed by atoms with van der Waals surface area (Å²) >= 11 is 5.50. The van der Waals surface area contributed by atoms with Gasteiger partial charge in [0.25, 0.3) is 0 Å². The molecule has 1 aromatic heterocycles. The third-order valence-electron chi connectivity index (χ3n) is 1.47. The summed E-state index contributed by atoms with van der Waals surface area (Å²) in [5.74, 6) is 0. The van der Waals surface area contributed by atoms with E-state index < -0.39 is 17.4 Å². The lowest BCUT2D eigenvalue weighted by atomic mass is 10.2. The van der Waals surface area contributed by atoms with Gasteiger partial charge < -0.3 is 5.21 Å². The molecule has 8 heteroatoms. The summed E-state index contributed by atoms with van der Waals surface area (Å²) in [7, 11) is 1.26. The minimum Gasteiger partial charge on any atom is -0.411 e. The highest BCUT2D eigenvalue weighted by atomic mass is 35.5. The molecule has 1 rings (SSSR count). The van der Waals surface area contributed by atoms with Crippen LogP contribution in [0.5, 0.6) is 0 Å². The van der Waals surface area contributed by atoms with Crippen LogP contribution in [0.1, 0.15) is 11.3 Å². The molecule has 78 valence electrons. The predicted molar refractivity (Wildman–Crippen MR) is 42.6 cm³/mol. The molecule has 0 unspecified atom stereocenters. The molecule has 1 N–H and O–H groups in total. The molecule has 0 aliphatic carbocycles. The molecule has 14 heavy (non-hydrogen) atoms. The standard InChI is InChI=1S/C6H5ClF3N3O/c1-13-5(7)3(2-11-14)4(12-13)6(8,9)10/h2,14H,1H3/b11-2+. The van der Waals surface area contributed by atoms with Crippen molar-refractivity contribution in [1.29, 1.82) is 0 Å². The normalized spacial score (nSPS) is 12.6. The maximum absolute atomic E-state index is 12.3. The van der Waals surface area contributed by atoms with Gasteiger partial charge in [-0.2, -0.15) is 18.3 Å². The van der Waals surface area contributed by atoms with Crippen LogP contribution in [0.25, 0.3) is 0 Å². The summed E-state index contributed by atoms with van der Waals surface area (Å²) in [4.78, 5) is 0. The highest BCUT2D eigenvalue weighted by Crippen LogP contribution is 2.33. The first-order valence-electron chi connectivity index (χ1n) is 3.35. The van der Waals surface area contributed by atoms with Crippen molar-refractivity contribution >= 4 is 17.8 Å². The molecule has 0 spiro atoms. The smallest absolute Gasteiger partial charge is 0.411 e. The molecular weight excluding hydrogens is 223 g/mol. The number of aromatic nitrogens is 2. The van der Waals surface area contributed by atoms with Gasteiger partial charge in [-0.1, -0.05) is 16.8 Å². The van der Waals surface area contributed by atoms with E-state index in [4.69, 9.17) is 16.8 Å². The summed E-state index contributed by atoms with van der Waals surface area (Å²) in [5, 5.41) is 13.6. The fraction of sp³-hybridized carbons (Fsp3) is 0.333. The van der Waals surface area contributed by atoms with Gasteiger partial charge in [-0.3, -0.25) is 4.68 Å². The first-order valence-corrected chi connectivity index (χ1v) is 3.73. The van der Waals surface area contributed by atoms with E-state index in [2.05, 4.69) is 10.3 Å². The van der Waals surface area contributed by atoms with Crippen molar-refractivity contribution in [2.75, 3.05) is 0 Å². The fourth-order valence-corrected chi connectivity index (χ4v) is 1.08. The van der Waals surface area contributed by atoms with Crippen LogP contribution >= 0.6 is 11.6 Å². The Bertz CT molecular complexity index is 371. The summed E-state index contributed by atoms with van der Waals surface area (Å²) in [6.45, 7) is 0. The number of hydrogen-bond acceptors (Lipinski definition) is 3. The first-order chi connectivity index (χ1) is 6.38. The number of rotatable bonds is 1. The second-order valence-electron chi connectivity index (χ2n) is 2.42. The Morgan fingerprint density at radius 2 is 2.14 bits per heavy atom. The Morgan fingerprint density at radius 3 is 2.57 bits per heavy atom. The van der Waals surface area contributed by atoms with Crippen molar-refractivity contribution in [3.05, 3.63) is 16.4 Å². The van der Waals surface area contributed by atoms with Gasteiger partial charge in [-0.15, -0.1) is 0 Å². The van der Waals surface area contributed by atoms with Crippen molar-refractivity contribution in [2.24, 2.45) is 12.2 Å². The maximum atomic E-state index is 12.3. The summed E-state index contributed by atoms with van der Waals surface area (Å²) < 4.78 is 37.7. The number of oxime groups is 1. The maximum Gasteiger partial charge on any atom is 0.435 e. The van der Waals surface area contributed by atoms with E-state index in [1.165, 1.54) is 7.05 Å². The molecule has 0 amide bonds. The van der Waals surface area contributed by atoms with E-state index in [1.54, 1.807) is 0 Å². The van der Waals surface area contributed by atoms with E-state index in [9.17, 15) is 13.2 Å². The molecule has 0 aliphatic rings.